The molecule has 0 saturated heterocycles. The average molecular weight is 171 g/mol. The molecular formula is C8H11ClN2. The molecule has 2 nitrogen and oxygen atoms in total. The monoisotopic (exact) mass is 170 g/mol. The molecule has 0 heterocycles. The number of nitrogen functional groups attached to an aromatic ring is 1. The first-order valence-electron chi connectivity index (χ1n) is 3.53. The molecule has 11 heavy (non-hydrogen) atoms. The van der Waals surface area contributed by atoms with E-state index < -0.39 is 0 Å². The van der Waals surface area contributed by atoms with Crippen molar-refractivity contribution in [1.29, 1.82) is 0 Å². The highest BCUT2D eigenvalue weighted by molar-refractivity contribution is 6.33. The zero-order chi connectivity index (χ0) is 8.27. The predicted molar refractivity (Wildman–Crippen MR) is 48.6 cm³/mol. The van der Waals surface area contributed by atoms with Gasteiger partial charge in [0.2, 0.25) is 0 Å². The summed E-state index contributed by atoms with van der Waals surface area (Å²) in [7, 11) is 0. The maximum absolute atomic E-state index is 5.87. The summed E-state index contributed by atoms with van der Waals surface area (Å²) in [6.07, 6.45) is 0.931. The fourth-order valence-electron chi connectivity index (χ4n) is 1.03. The summed E-state index contributed by atoms with van der Waals surface area (Å²) in [6.45, 7) is 2.06. The summed E-state index contributed by atoms with van der Waals surface area (Å²) in [6, 6.07) is 5.74. The van der Waals surface area contributed by atoms with E-state index in [9.17, 15) is 0 Å². The van der Waals surface area contributed by atoms with Crippen LogP contribution in [0.1, 0.15) is 12.5 Å². The molecule has 0 aliphatic carbocycles. The van der Waals surface area contributed by atoms with Gasteiger partial charge in [0.25, 0.3) is 0 Å². The van der Waals surface area contributed by atoms with Gasteiger partial charge in [-0.25, -0.2) is 0 Å². The lowest BCUT2D eigenvalue weighted by atomic mass is 10.1. The van der Waals surface area contributed by atoms with E-state index in [2.05, 4.69) is 12.3 Å². The van der Waals surface area contributed by atoms with Gasteiger partial charge in [-0.15, -0.1) is 0 Å². The molecule has 0 radical (unpaired) electrons. The highest BCUT2D eigenvalue weighted by Gasteiger charge is 2.01. The molecule has 0 atom stereocenters. The fourth-order valence-corrected chi connectivity index (χ4v) is 1.27. The summed E-state index contributed by atoms with van der Waals surface area (Å²) in [5.74, 6) is 5.29. The molecule has 0 saturated carbocycles. The van der Waals surface area contributed by atoms with Crippen LogP contribution in [0.2, 0.25) is 5.02 Å². The third-order valence-corrected chi connectivity index (χ3v) is 1.94. The quantitative estimate of drug-likeness (QED) is 0.528. The zero-order valence-electron chi connectivity index (χ0n) is 6.39. The van der Waals surface area contributed by atoms with E-state index >= 15 is 0 Å². The molecule has 60 valence electrons. The number of benzene rings is 1. The van der Waals surface area contributed by atoms with Crippen molar-refractivity contribution < 1.29 is 0 Å². The molecule has 0 aliphatic rings. The van der Waals surface area contributed by atoms with E-state index in [0.29, 0.717) is 5.02 Å². The van der Waals surface area contributed by atoms with Crippen molar-refractivity contribution in [2.24, 2.45) is 5.84 Å². The number of para-hydroxylation sites is 1. The Hall–Kier alpha value is -0.730. The van der Waals surface area contributed by atoms with Crippen molar-refractivity contribution >= 4 is 17.3 Å². The molecular weight excluding hydrogens is 160 g/mol. The Labute approximate surface area is 71.3 Å². The molecule has 0 fully saturated rings. The van der Waals surface area contributed by atoms with Gasteiger partial charge >= 0.3 is 0 Å². The first kappa shape index (κ1) is 8.37. The molecule has 1 aromatic carbocycles. The number of hydrazine groups is 1. The van der Waals surface area contributed by atoms with E-state index in [1.807, 2.05) is 18.2 Å². The van der Waals surface area contributed by atoms with Crippen LogP contribution in [0.25, 0.3) is 0 Å². The van der Waals surface area contributed by atoms with Crippen molar-refractivity contribution in [2.75, 3.05) is 5.43 Å². The van der Waals surface area contributed by atoms with E-state index in [4.69, 9.17) is 17.4 Å². The normalized spacial score (nSPS) is 9.73. The first-order valence-corrected chi connectivity index (χ1v) is 3.91. The highest BCUT2D eigenvalue weighted by Crippen LogP contribution is 2.24. The molecule has 0 unspecified atom stereocenters. The van der Waals surface area contributed by atoms with Crippen LogP contribution in [0.4, 0.5) is 5.69 Å². The molecule has 0 aliphatic heterocycles. The van der Waals surface area contributed by atoms with Crippen molar-refractivity contribution in [1.82, 2.24) is 0 Å². The number of hydrogen-bond acceptors (Lipinski definition) is 2. The summed E-state index contributed by atoms with van der Waals surface area (Å²) >= 11 is 5.87. The van der Waals surface area contributed by atoms with Gasteiger partial charge in [-0.05, 0) is 18.1 Å². The van der Waals surface area contributed by atoms with E-state index in [-0.39, 0.29) is 0 Å². The second kappa shape index (κ2) is 3.60. The second-order valence-corrected chi connectivity index (χ2v) is 2.68. The van der Waals surface area contributed by atoms with E-state index in [1.54, 1.807) is 0 Å². The van der Waals surface area contributed by atoms with Gasteiger partial charge in [0, 0.05) is 0 Å². The van der Waals surface area contributed by atoms with E-state index in [0.717, 1.165) is 17.7 Å². The van der Waals surface area contributed by atoms with Crippen LogP contribution in [-0.4, -0.2) is 0 Å². The van der Waals surface area contributed by atoms with Crippen LogP contribution in [0, 0.1) is 0 Å². The Morgan fingerprint density at radius 3 is 2.73 bits per heavy atom. The number of nitrogens with one attached hydrogen (secondary N) is 1. The first-order chi connectivity index (χ1) is 5.29. The minimum atomic E-state index is 0.673. The largest absolute Gasteiger partial charge is 0.322 e. The number of hydrogen-bond donors (Lipinski definition) is 2. The lowest BCUT2D eigenvalue weighted by molar-refractivity contribution is 1.13. The fraction of sp³-hybridized carbons (Fsp3) is 0.250. The molecule has 0 aromatic heterocycles. The SMILES string of the molecule is CCc1cccc(Cl)c1NN. The van der Waals surface area contributed by atoms with Crippen LogP contribution < -0.4 is 11.3 Å². The standard InChI is InChI=1S/C8H11ClN2/c1-2-6-4-3-5-7(9)8(6)11-10/h3-5,11H,2,10H2,1H3. The van der Waals surface area contributed by atoms with Crippen LogP contribution in [-0.2, 0) is 6.42 Å². The number of halogens is 1. The van der Waals surface area contributed by atoms with Crippen LogP contribution >= 0.6 is 11.6 Å². The van der Waals surface area contributed by atoms with Crippen molar-refractivity contribution in [3.63, 3.8) is 0 Å². The Morgan fingerprint density at radius 1 is 1.55 bits per heavy atom. The minimum Gasteiger partial charge on any atom is -0.322 e. The van der Waals surface area contributed by atoms with Crippen molar-refractivity contribution in [2.45, 2.75) is 13.3 Å². The Kier molecular flexibility index (Phi) is 2.74. The number of nitrogens with two attached hydrogens (primary N) is 1. The number of anilines is 1. The molecule has 3 heteroatoms. The molecule has 0 bridgehead atoms. The Morgan fingerprint density at radius 2 is 2.27 bits per heavy atom. The summed E-state index contributed by atoms with van der Waals surface area (Å²) in [5.41, 5.74) is 4.55. The number of rotatable bonds is 2. The predicted octanol–water partition coefficient (Wildman–Crippen LogP) is 2.19. The van der Waals surface area contributed by atoms with Crippen molar-refractivity contribution in [3.8, 4) is 0 Å². The van der Waals surface area contributed by atoms with Gasteiger partial charge in [-0.3, -0.25) is 5.84 Å². The molecule has 1 rings (SSSR count). The van der Waals surface area contributed by atoms with Gasteiger partial charge in [-0.2, -0.15) is 0 Å². The van der Waals surface area contributed by atoms with E-state index in [1.165, 1.54) is 0 Å². The topological polar surface area (TPSA) is 38.0 Å². The summed E-state index contributed by atoms with van der Waals surface area (Å²) in [4.78, 5) is 0. The molecule has 3 N–H and O–H groups in total. The smallest absolute Gasteiger partial charge is 0.0704 e. The van der Waals surface area contributed by atoms with Gasteiger partial charge in [0.05, 0.1) is 10.7 Å². The summed E-state index contributed by atoms with van der Waals surface area (Å²) in [5, 5.41) is 0.673. The van der Waals surface area contributed by atoms with Gasteiger partial charge in [-0.1, -0.05) is 30.7 Å². The number of aryl methyl sites for hydroxylation is 1. The Bertz CT molecular complexity index is 248. The van der Waals surface area contributed by atoms with Crippen LogP contribution in [0.5, 0.6) is 0 Å². The maximum Gasteiger partial charge on any atom is 0.0704 e. The van der Waals surface area contributed by atoms with Crippen LogP contribution in [0.3, 0.4) is 0 Å². The third-order valence-electron chi connectivity index (χ3n) is 1.63. The lowest BCUT2D eigenvalue weighted by Crippen LogP contribution is -2.09. The Balaban J connectivity index is 3.13. The van der Waals surface area contributed by atoms with Crippen LogP contribution in [0.15, 0.2) is 18.2 Å². The molecule has 0 amide bonds. The molecule has 0 spiro atoms. The maximum atomic E-state index is 5.87. The highest BCUT2D eigenvalue weighted by atomic mass is 35.5. The second-order valence-electron chi connectivity index (χ2n) is 2.27. The van der Waals surface area contributed by atoms with Gasteiger partial charge in [0.15, 0.2) is 0 Å². The third kappa shape index (κ3) is 1.64. The zero-order valence-corrected chi connectivity index (χ0v) is 7.15. The average Bonchev–Trinajstić information content (AvgIpc) is 2.04. The van der Waals surface area contributed by atoms with Crippen molar-refractivity contribution in [3.05, 3.63) is 28.8 Å². The van der Waals surface area contributed by atoms with Gasteiger partial charge < -0.3 is 5.43 Å². The lowest BCUT2D eigenvalue weighted by Gasteiger charge is -2.07. The van der Waals surface area contributed by atoms with Gasteiger partial charge in [0.1, 0.15) is 0 Å². The summed E-state index contributed by atoms with van der Waals surface area (Å²) < 4.78 is 0. The minimum absolute atomic E-state index is 0.673. The molecule has 1 aromatic rings.